The zero-order chi connectivity index (χ0) is 20.9. The predicted molar refractivity (Wildman–Crippen MR) is 108 cm³/mol. The van der Waals surface area contributed by atoms with Gasteiger partial charge in [-0.25, -0.2) is 0 Å². The van der Waals surface area contributed by atoms with Gasteiger partial charge in [0, 0.05) is 6.07 Å². The number of phenols is 1. The van der Waals surface area contributed by atoms with E-state index in [2.05, 4.69) is 0 Å². The summed E-state index contributed by atoms with van der Waals surface area (Å²) in [5, 5.41) is 9.87. The van der Waals surface area contributed by atoms with E-state index in [0.717, 1.165) is 16.9 Å². The van der Waals surface area contributed by atoms with Gasteiger partial charge in [0.1, 0.15) is 17.2 Å². The minimum Gasteiger partial charge on any atom is -0.507 e. The first kappa shape index (κ1) is 21.5. The summed E-state index contributed by atoms with van der Waals surface area (Å²) in [5.74, 6) is 0.236. The summed E-state index contributed by atoms with van der Waals surface area (Å²) < 4.78 is 11.2. The van der Waals surface area contributed by atoms with Crippen LogP contribution in [0.5, 0.6) is 17.2 Å². The molecule has 0 aromatic heterocycles. The first-order valence-corrected chi connectivity index (χ1v) is 9.36. The van der Waals surface area contributed by atoms with Crippen LogP contribution in [0, 0.1) is 19.3 Å². The number of ether oxygens (including phenoxy) is 2. The maximum atomic E-state index is 12.5. The Morgan fingerprint density at radius 2 is 1.79 bits per heavy atom. The van der Waals surface area contributed by atoms with Gasteiger partial charge in [0.25, 0.3) is 0 Å². The summed E-state index contributed by atoms with van der Waals surface area (Å²) >= 11 is 0. The Morgan fingerprint density at radius 1 is 1.07 bits per heavy atom. The summed E-state index contributed by atoms with van der Waals surface area (Å²) in [7, 11) is 0. The lowest BCUT2D eigenvalue weighted by molar-refractivity contribution is -0.144. The fourth-order valence-corrected chi connectivity index (χ4v) is 2.78. The number of phenolic OH excluding ortho intramolecular Hbond substituents is 1. The van der Waals surface area contributed by atoms with Crippen molar-refractivity contribution in [3.8, 4) is 17.2 Å². The van der Waals surface area contributed by atoms with Gasteiger partial charge in [-0.2, -0.15) is 0 Å². The van der Waals surface area contributed by atoms with Crippen molar-refractivity contribution in [1.82, 2.24) is 0 Å². The number of carbonyl (C=O) groups excluding carboxylic acids is 2. The number of ketones is 1. The third-order valence-electron chi connectivity index (χ3n) is 4.66. The highest BCUT2D eigenvalue weighted by Gasteiger charge is 2.29. The topological polar surface area (TPSA) is 72.8 Å². The van der Waals surface area contributed by atoms with Gasteiger partial charge >= 0.3 is 5.97 Å². The average molecular weight is 384 g/mol. The monoisotopic (exact) mass is 384 g/mol. The molecule has 0 atom stereocenters. The van der Waals surface area contributed by atoms with Gasteiger partial charge in [0.15, 0.2) is 5.78 Å². The molecule has 0 aliphatic rings. The molecular formula is C23H28O5. The fraction of sp³-hybridized carbons (Fsp3) is 0.391. The molecule has 0 radical (unpaired) electrons. The van der Waals surface area contributed by atoms with Crippen LogP contribution in [0.25, 0.3) is 0 Å². The normalized spacial score (nSPS) is 11.2. The molecule has 28 heavy (non-hydrogen) atoms. The number of aromatic hydroxyl groups is 1. The van der Waals surface area contributed by atoms with Gasteiger partial charge in [-0.15, -0.1) is 0 Å². The average Bonchev–Trinajstić information content (AvgIpc) is 2.61. The third kappa shape index (κ3) is 5.59. The molecule has 150 valence electrons. The Hall–Kier alpha value is -2.82. The van der Waals surface area contributed by atoms with Gasteiger partial charge in [-0.05, 0) is 76.8 Å². The zero-order valence-corrected chi connectivity index (χ0v) is 17.2. The van der Waals surface area contributed by atoms with Gasteiger partial charge in [-0.3, -0.25) is 9.59 Å². The number of hydrogen-bond donors (Lipinski definition) is 1. The molecule has 5 heteroatoms. The molecule has 0 aliphatic carbocycles. The molecule has 0 heterocycles. The van der Waals surface area contributed by atoms with E-state index in [1.54, 1.807) is 0 Å². The largest absolute Gasteiger partial charge is 0.507 e. The van der Waals surface area contributed by atoms with Crippen LogP contribution in [0.1, 0.15) is 55.1 Å². The number of rotatable bonds is 8. The molecular weight excluding hydrogens is 356 g/mol. The van der Waals surface area contributed by atoms with Crippen molar-refractivity contribution in [1.29, 1.82) is 0 Å². The van der Waals surface area contributed by atoms with Crippen molar-refractivity contribution in [2.45, 2.75) is 47.5 Å². The molecule has 0 saturated carbocycles. The highest BCUT2D eigenvalue weighted by molar-refractivity contribution is 5.97. The molecule has 0 unspecified atom stereocenters. The minimum atomic E-state index is -0.708. The van der Waals surface area contributed by atoms with Crippen molar-refractivity contribution >= 4 is 11.8 Å². The molecule has 0 spiro atoms. The van der Waals surface area contributed by atoms with Crippen molar-refractivity contribution in [3.63, 3.8) is 0 Å². The summed E-state index contributed by atoms with van der Waals surface area (Å²) in [4.78, 5) is 23.9. The quantitative estimate of drug-likeness (QED) is 0.300. The molecule has 0 saturated heterocycles. The Labute approximate surface area is 166 Å². The molecule has 1 N–H and O–H groups in total. The number of aryl methyl sites for hydroxylation is 2. The zero-order valence-electron chi connectivity index (χ0n) is 17.2. The first-order valence-electron chi connectivity index (χ1n) is 9.36. The van der Waals surface area contributed by atoms with E-state index in [4.69, 9.17) is 9.47 Å². The van der Waals surface area contributed by atoms with E-state index in [1.165, 1.54) is 25.1 Å². The van der Waals surface area contributed by atoms with Crippen LogP contribution in [-0.4, -0.2) is 23.5 Å². The lowest BCUT2D eigenvalue weighted by atomic mass is 9.88. The lowest BCUT2D eigenvalue weighted by Gasteiger charge is -2.22. The molecule has 0 bridgehead atoms. The summed E-state index contributed by atoms with van der Waals surface area (Å²) in [6, 6.07) is 10.3. The van der Waals surface area contributed by atoms with E-state index in [-0.39, 0.29) is 22.8 Å². The number of hydrogen-bond acceptors (Lipinski definition) is 5. The molecule has 0 aliphatic heterocycles. The second-order valence-electron chi connectivity index (χ2n) is 7.73. The fourth-order valence-electron chi connectivity index (χ4n) is 2.78. The Kier molecular flexibility index (Phi) is 6.84. The van der Waals surface area contributed by atoms with Crippen molar-refractivity contribution < 1.29 is 24.2 Å². The summed E-state index contributed by atoms with van der Waals surface area (Å²) in [6.45, 7) is 9.53. The Bertz CT molecular complexity index is 867. The Balaban J connectivity index is 1.89. The van der Waals surface area contributed by atoms with Crippen LogP contribution in [-0.2, 0) is 4.79 Å². The van der Waals surface area contributed by atoms with Gasteiger partial charge in [0.2, 0.25) is 0 Å². The van der Waals surface area contributed by atoms with Crippen LogP contribution < -0.4 is 9.47 Å². The Morgan fingerprint density at radius 3 is 2.43 bits per heavy atom. The first-order chi connectivity index (χ1) is 13.1. The minimum absolute atomic E-state index is 0.197. The smallest absolute Gasteiger partial charge is 0.316 e. The molecule has 0 amide bonds. The van der Waals surface area contributed by atoms with Crippen LogP contribution in [0.3, 0.4) is 0 Å². The number of Topliss-reactive ketones (excluding diaryl/α,β-unsaturated/α-hetero) is 1. The third-order valence-corrected chi connectivity index (χ3v) is 4.66. The van der Waals surface area contributed by atoms with Gasteiger partial charge < -0.3 is 14.6 Å². The van der Waals surface area contributed by atoms with E-state index in [1.807, 2.05) is 45.9 Å². The van der Waals surface area contributed by atoms with E-state index in [9.17, 15) is 14.7 Å². The van der Waals surface area contributed by atoms with E-state index < -0.39 is 11.4 Å². The highest BCUT2D eigenvalue weighted by atomic mass is 16.5. The lowest BCUT2D eigenvalue weighted by Crippen LogP contribution is -2.29. The predicted octanol–water partition coefficient (Wildman–Crippen LogP) is 5.00. The second kappa shape index (κ2) is 8.91. The number of esters is 1. The van der Waals surface area contributed by atoms with Crippen LogP contribution >= 0.6 is 0 Å². The summed E-state index contributed by atoms with van der Waals surface area (Å²) in [5.41, 5.74) is 1.71. The molecule has 5 nitrogen and oxygen atoms in total. The molecule has 2 aromatic rings. The van der Waals surface area contributed by atoms with Crippen LogP contribution in [0.15, 0.2) is 36.4 Å². The highest BCUT2D eigenvalue weighted by Crippen LogP contribution is 2.29. The van der Waals surface area contributed by atoms with Gasteiger partial charge in [0.05, 0.1) is 17.6 Å². The van der Waals surface area contributed by atoms with Crippen LogP contribution in [0.4, 0.5) is 0 Å². The van der Waals surface area contributed by atoms with Crippen molar-refractivity contribution in [2.75, 3.05) is 6.61 Å². The second-order valence-corrected chi connectivity index (χ2v) is 7.73. The molecule has 2 rings (SSSR count). The maximum absolute atomic E-state index is 12.5. The SMILES string of the molecule is CC(=O)c1ccc(OC(=O)C(C)(C)CCCOc2cc(C)ccc2C)cc1O. The van der Waals surface area contributed by atoms with Crippen molar-refractivity contribution in [3.05, 3.63) is 53.1 Å². The standard InChI is InChI=1S/C23H28O5/c1-15-7-8-16(2)21(13-15)27-12-6-11-23(4,5)22(26)28-18-9-10-19(17(3)24)20(25)14-18/h7-10,13-14,25H,6,11-12H2,1-5H3. The van der Waals surface area contributed by atoms with E-state index in [0.29, 0.717) is 19.4 Å². The van der Waals surface area contributed by atoms with Crippen molar-refractivity contribution in [2.24, 2.45) is 5.41 Å². The summed E-state index contributed by atoms with van der Waals surface area (Å²) in [6.07, 6.45) is 1.29. The number of carbonyl (C=O) groups is 2. The molecule has 2 aromatic carbocycles. The van der Waals surface area contributed by atoms with E-state index >= 15 is 0 Å². The van der Waals surface area contributed by atoms with Gasteiger partial charge in [-0.1, -0.05) is 12.1 Å². The molecule has 0 fully saturated rings. The van der Waals surface area contributed by atoms with Crippen LogP contribution in [0.2, 0.25) is 0 Å². The number of benzene rings is 2. The maximum Gasteiger partial charge on any atom is 0.316 e.